The predicted octanol–water partition coefficient (Wildman–Crippen LogP) is 7.76. The van der Waals surface area contributed by atoms with Crippen molar-refractivity contribution < 1.29 is 23.8 Å². The number of rotatable bonds is 4. The van der Waals surface area contributed by atoms with Gasteiger partial charge in [0.15, 0.2) is 0 Å². The number of aryl methyl sites for hydroxylation is 1. The Balaban J connectivity index is 1.38. The van der Waals surface area contributed by atoms with Gasteiger partial charge in [-0.15, -0.1) is 0 Å². The van der Waals surface area contributed by atoms with E-state index in [2.05, 4.69) is 54.7 Å². The molecule has 9 nitrogen and oxygen atoms in total. The molecule has 3 heterocycles. The van der Waals surface area contributed by atoms with E-state index in [-0.39, 0.29) is 47.3 Å². The molecule has 6 rings (SSSR count). The van der Waals surface area contributed by atoms with E-state index in [1.54, 1.807) is 14.2 Å². The summed E-state index contributed by atoms with van der Waals surface area (Å²) in [6.45, 7) is 10.0. The minimum atomic E-state index is -1.01. The molecule has 0 aromatic heterocycles. The monoisotopic (exact) mass is 738 g/mol. The molecule has 0 radical (unpaired) electrons. The van der Waals surface area contributed by atoms with Crippen molar-refractivity contribution in [2.24, 2.45) is 22.1 Å². The van der Waals surface area contributed by atoms with E-state index in [9.17, 15) is 9.59 Å². The van der Waals surface area contributed by atoms with Crippen LogP contribution >= 0.6 is 11.6 Å². The number of piperidine rings is 1. The van der Waals surface area contributed by atoms with E-state index in [0.717, 1.165) is 74.5 Å². The molecular formula is C40H55ClN4O5S. The van der Waals surface area contributed by atoms with E-state index in [1.807, 2.05) is 29.2 Å². The van der Waals surface area contributed by atoms with Gasteiger partial charge in [-0.1, -0.05) is 57.0 Å². The van der Waals surface area contributed by atoms with Gasteiger partial charge >= 0.3 is 6.03 Å². The number of hydrogen-bond acceptors (Lipinski definition) is 6. The van der Waals surface area contributed by atoms with Crippen molar-refractivity contribution in [3.8, 4) is 5.75 Å². The molecule has 2 aromatic carbocycles. The highest BCUT2D eigenvalue weighted by molar-refractivity contribution is 7.86. The van der Waals surface area contributed by atoms with Gasteiger partial charge in [-0.2, -0.15) is 4.36 Å². The lowest BCUT2D eigenvalue weighted by Gasteiger charge is -2.42. The lowest BCUT2D eigenvalue weighted by atomic mass is 9.70. The molecule has 1 aliphatic carbocycles. The number of ether oxygens (including phenoxy) is 3. The van der Waals surface area contributed by atoms with Crippen LogP contribution in [0.2, 0.25) is 5.02 Å². The third kappa shape index (κ3) is 8.66. The van der Waals surface area contributed by atoms with Crippen LogP contribution in [0.4, 0.5) is 10.5 Å². The number of amides is 3. The minimum Gasteiger partial charge on any atom is -0.490 e. The lowest BCUT2D eigenvalue weighted by Crippen LogP contribution is -2.47. The molecule has 1 N–H and O–H groups in total. The normalized spacial score (nSPS) is 29.8. The number of anilines is 1. The van der Waals surface area contributed by atoms with Crippen LogP contribution < -0.4 is 14.4 Å². The van der Waals surface area contributed by atoms with Crippen LogP contribution in [0.15, 0.2) is 52.9 Å². The number of halogens is 1. The second-order valence-corrected chi connectivity index (χ2v) is 16.9. The zero-order chi connectivity index (χ0) is 36.1. The molecule has 4 aliphatic rings. The molecule has 6 atom stereocenters. The highest BCUT2D eigenvalue weighted by Crippen LogP contribution is 2.45. The standard InChI is InChI=1S/C40H55ClN4O5S/c1-6-33-28(3)23-45-25-40(18-8-10-29-21-31(41)13-14-34(29)40)26-50-37-15-12-30(22-35(37)45)38(46)42-51(24-27(2)9-7-11-36(33)49-5)43-39(47)44-19-16-32(48-4)17-20-44/h7,11-15,21-22,27-28,32-33,36H,6,8-10,16-20,23-26H2,1-5H3,(H,42,43,46,47)/b11-7+/t27-,28-,33+,36-,40-,51?/m0/s1. The number of nitrogens with one attached hydrogen (secondary N) is 1. The molecule has 1 fully saturated rings. The second-order valence-electron chi connectivity index (χ2n) is 15.1. The largest absolute Gasteiger partial charge is 0.490 e. The van der Waals surface area contributed by atoms with Crippen molar-refractivity contribution in [1.29, 1.82) is 0 Å². The van der Waals surface area contributed by atoms with E-state index in [1.165, 1.54) is 11.1 Å². The van der Waals surface area contributed by atoms with E-state index < -0.39 is 10.9 Å². The SMILES string of the molecule is CC[C@H]1[C@@H](OC)/C=C/C[C@H](C)CS(NC(=O)N2CCC(OC)CC2)=NC(=O)c2ccc3c(c2)N(C[C@@H]1C)C[C@@]1(CCCc2cc(Cl)ccc21)CO3. The van der Waals surface area contributed by atoms with Crippen molar-refractivity contribution in [3.63, 3.8) is 0 Å². The number of likely N-dealkylation sites (tertiary alicyclic amines) is 1. The molecular weight excluding hydrogens is 684 g/mol. The fraction of sp³-hybridized carbons (Fsp3) is 0.600. The van der Waals surface area contributed by atoms with Crippen LogP contribution in [0.25, 0.3) is 0 Å². The van der Waals surface area contributed by atoms with Crippen molar-refractivity contribution in [3.05, 3.63) is 70.3 Å². The quantitative estimate of drug-likeness (QED) is 0.323. The Morgan fingerprint density at radius 1 is 1.14 bits per heavy atom. The van der Waals surface area contributed by atoms with Crippen LogP contribution in [0.5, 0.6) is 5.75 Å². The fourth-order valence-corrected chi connectivity index (χ4v) is 10.3. The highest BCUT2D eigenvalue weighted by atomic mass is 35.5. The molecule has 1 unspecified atom stereocenters. The van der Waals surface area contributed by atoms with Gasteiger partial charge in [0.05, 0.1) is 24.5 Å². The maximum Gasteiger partial charge on any atom is 0.328 e. The summed E-state index contributed by atoms with van der Waals surface area (Å²) in [7, 11) is 2.51. The van der Waals surface area contributed by atoms with Crippen molar-refractivity contribution in [1.82, 2.24) is 9.62 Å². The molecule has 2 bridgehead atoms. The molecule has 11 heteroatoms. The number of benzene rings is 2. The van der Waals surface area contributed by atoms with E-state index in [0.29, 0.717) is 31.0 Å². The van der Waals surface area contributed by atoms with Gasteiger partial charge in [-0.3, -0.25) is 9.52 Å². The number of hydrogen-bond donors (Lipinski definition) is 1. The van der Waals surface area contributed by atoms with Gasteiger partial charge in [0.25, 0.3) is 5.91 Å². The lowest BCUT2D eigenvalue weighted by molar-refractivity contribution is 0.0511. The van der Waals surface area contributed by atoms with Crippen LogP contribution in [-0.4, -0.2) is 81.8 Å². The summed E-state index contributed by atoms with van der Waals surface area (Å²) < 4.78 is 26.2. The van der Waals surface area contributed by atoms with Crippen LogP contribution in [0.1, 0.15) is 80.8 Å². The number of methoxy groups -OCH3 is 2. The third-order valence-electron chi connectivity index (χ3n) is 11.5. The first-order valence-electron chi connectivity index (χ1n) is 18.7. The zero-order valence-electron chi connectivity index (χ0n) is 30.9. The van der Waals surface area contributed by atoms with Gasteiger partial charge in [-0.25, -0.2) is 4.79 Å². The summed E-state index contributed by atoms with van der Waals surface area (Å²) in [4.78, 5) is 31.8. The van der Waals surface area contributed by atoms with Gasteiger partial charge < -0.3 is 24.0 Å². The summed E-state index contributed by atoms with van der Waals surface area (Å²) in [5, 5.41) is 0.763. The molecule has 3 aliphatic heterocycles. The first-order chi connectivity index (χ1) is 24.6. The predicted molar refractivity (Wildman–Crippen MR) is 206 cm³/mol. The summed E-state index contributed by atoms with van der Waals surface area (Å²) in [5.74, 6) is 1.76. The Morgan fingerprint density at radius 2 is 1.94 bits per heavy atom. The van der Waals surface area contributed by atoms with Gasteiger partial charge in [0.2, 0.25) is 0 Å². The van der Waals surface area contributed by atoms with Gasteiger partial charge in [0.1, 0.15) is 5.75 Å². The molecule has 2 aromatic rings. The van der Waals surface area contributed by atoms with Gasteiger partial charge in [-0.05, 0) is 97.7 Å². The molecule has 0 saturated carbocycles. The fourth-order valence-electron chi connectivity index (χ4n) is 8.58. The van der Waals surface area contributed by atoms with Crippen LogP contribution in [0.3, 0.4) is 0 Å². The Morgan fingerprint density at radius 3 is 2.69 bits per heavy atom. The summed E-state index contributed by atoms with van der Waals surface area (Å²) in [5.41, 5.74) is 3.78. The Labute approximate surface area is 311 Å². The third-order valence-corrected chi connectivity index (χ3v) is 13.4. The van der Waals surface area contributed by atoms with Crippen LogP contribution in [-0.2, 0) is 32.2 Å². The maximum absolute atomic E-state index is 14.0. The molecule has 1 spiro atoms. The Hall–Kier alpha value is -2.92. The summed E-state index contributed by atoms with van der Waals surface area (Å²) >= 11 is 6.48. The van der Waals surface area contributed by atoms with E-state index >= 15 is 0 Å². The molecule has 3 amide bonds. The molecule has 51 heavy (non-hydrogen) atoms. The number of carbonyl (C=O) groups excluding carboxylic acids is 2. The number of carbonyl (C=O) groups is 2. The number of allylic oxidation sites excluding steroid dienone is 1. The minimum absolute atomic E-state index is 0.0371. The topological polar surface area (TPSA) is 92.7 Å². The molecule has 278 valence electrons. The van der Waals surface area contributed by atoms with Gasteiger partial charge in [0, 0.05) is 73.0 Å². The van der Waals surface area contributed by atoms with E-state index in [4.69, 9.17) is 30.2 Å². The first kappa shape index (κ1) is 37.8. The Bertz CT molecular complexity index is 1630. The van der Waals surface area contributed by atoms with Crippen molar-refractivity contribution >= 4 is 40.1 Å². The highest BCUT2D eigenvalue weighted by Gasteiger charge is 2.42. The molecule has 1 saturated heterocycles. The average molecular weight is 739 g/mol. The van der Waals surface area contributed by atoms with Crippen molar-refractivity contribution in [2.75, 3.05) is 57.7 Å². The van der Waals surface area contributed by atoms with Crippen molar-refractivity contribution in [2.45, 2.75) is 83.3 Å². The summed E-state index contributed by atoms with van der Waals surface area (Å²) in [6, 6.07) is 11.8. The zero-order valence-corrected chi connectivity index (χ0v) is 32.4. The number of fused-ring (bicyclic) bond motifs is 3. The first-order valence-corrected chi connectivity index (χ1v) is 20.4. The smallest absolute Gasteiger partial charge is 0.328 e. The Kier molecular flexibility index (Phi) is 12.5. The average Bonchev–Trinajstić information content (AvgIpc) is 3.27. The summed E-state index contributed by atoms with van der Waals surface area (Å²) in [6.07, 6.45) is 11.0. The second kappa shape index (κ2) is 16.8. The number of nitrogens with zero attached hydrogens (tertiary/aromatic N) is 3. The van der Waals surface area contributed by atoms with Crippen LogP contribution in [0, 0.1) is 17.8 Å². The maximum atomic E-state index is 14.0. The number of urea groups is 1.